The van der Waals surface area contributed by atoms with Crippen LogP contribution in [0.5, 0.6) is 0 Å². The number of amides is 3. The number of nitrogens with zero attached hydrogens (tertiary/aromatic N) is 3. The largest absolute Gasteiger partial charge is 0.396 e. The van der Waals surface area contributed by atoms with E-state index in [1.54, 1.807) is 26.9 Å². The molecule has 0 aliphatic carbocycles. The summed E-state index contributed by atoms with van der Waals surface area (Å²) in [5, 5.41) is 11.5. The van der Waals surface area contributed by atoms with Crippen LogP contribution in [0.4, 0.5) is 5.69 Å². The summed E-state index contributed by atoms with van der Waals surface area (Å²) in [5.41, 5.74) is -0.397. The molecule has 3 amide bonds. The van der Waals surface area contributed by atoms with Gasteiger partial charge in [0.2, 0.25) is 11.8 Å². The highest BCUT2D eigenvalue weighted by Crippen LogP contribution is 2.65. The molecule has 3 aromatic carbocycles. The molecule has 8 nitrogen and oxygen atoms in total. The number of aliphatic hydroxyl groups is 1. The fourth-order valence-corrected chi connectivity index (χ4v) is 8.54. The van der Waals surface area contributed by atoms with Crippen LogP contribution in [0.2, 0.25) is 0 Å². The third-order valence-electron chi connectivity index (χ3n) is 10.9. The third kappa shape index (κ3) is 5.65. The second kappa shape index (κ2) is 13.7. The molecular formula is C40H47N3O5. The van der Waals surface area contributed by atoms with Crippen LogP contribution in [0.1, 0.15) is 45.1 Å². The Hall–Kier alpha value is -4.27. The normalized spacial score (nSPS) is 27.2. The van der Waals surface area contributed by atoms with Crippen molar-refractivity contribution in [3.05, 3.63) is 104 Å². The molecule has 252 valence electrons. The highest BCUT2D eigenvalue weighted by Gasteiger charge is 2.80. The number of carbonyl (C=O) groups excluding carboxylic acids is 3. The molecule has 0 aromatic heterocycles. The molecule has 0 saturated carbocycles. The second-order valence-electron chi connectivity index (χ2n) is 13.8. The number of fused-ring (bicyclic) bond motifs is 2. The number of ether oxygens (including phenoxy) is 1. The Bertz CT molecular complexity index is 1690. The summed E-state index contributed by atoms with van der Waals surface area (Å²) in [6.45, 7) is 13.2. The molecule has 0 radical (unpaired) electrons. The lowest BCUT2D eigenvalue weighted by Gasteiger charge is -2.39. The zero-order valence-electron chi connectivity index (χ0n) is 28.1. The average molecular weight is 650 g/mol. The summed E-state index contributed by atoms with van der Waals surface area (Å²) in [6, 6.07) is 22.8. The van der Waals surface area contributed by atoms with Crippen LogP contribution in [0.15, 0.2) is 98.1 Å². The van der Waals surface area contributed by atoms with E-state index in [2.05, 4.69) is 20.1 Å². The monoisotopic (exact) mass is 649 g/mol. The van der Waals surface area contributed by atoms with Crippen molar-refractivity contribution in [1.29, 1.82) is 0 Å². The summed E-state index contributed by atoms with van der Waals surface area (Å²) >= 11 is 0. The van der Waals surface area contributed by atoms with Gasteiger partial charge in [-0.1, -0.05) is 79.7 Å². The SMILES string of the molecule is C=CCN(Cc1ccccc1)C(=O)[C@@H]1[C@H]2C(=O)N(CCCCCO)C(C(=O)N(CC=C)c3ccc4ccccc4c3)C23CC(C)[C@@]1(C)O3. The number of carbonyl (C=O) groups is 3. The molecule has 3 unspecified atom stereocenters. The number of rotatable bonds is 14. The third-order valence-corrected chi connectivity index (χ3v) is 10.9. The van der Waals surface area contributed by atoms with E-state index in [4.69, 9.17) is 4.74 Å². The van der Waals surface area contributed by atoms with Crippen LogP contribution < -0.4 is 4.90 Å². The number of hydrogen-bond donors (Lipinski definition) is 1. The maximum absolute atomic E-state index is 15.1. The van der Waals surface area contributed by atoms with Crippen molar-refractivity contribution < 1.29 is 24.2 Å². The summed E-state index contributed by atoms with van der Waals surface area (Å²) in [4.78, 5) is 49.7. The molecule has 48 heavy (non-hydrogen) atoms. The van der Waals surface area contributed by atoms with E-state index in [0.29, 0.717) is 51.0 Å². The molecule has 2 bridgehead atoms. The van der Waals surface area contributed by atoms with Crippen molar-refractivity contribution in [3.8, 4) is 0 Å². The summed E-state index contributed by atoms with van der Waals surface area (Å²) in [5.74, 6) is -2.23. The fourth-order valence-electron chi connectivity index (χ4n) is 8.54. The molecule has 3 heterocycles. The van der Waals surface area contributed by atoms with Gasteiger partial charge in [0, 0.05) is 38.5 Å². The van der Waals surface area contributed by atoms with Gasteiger partial charge in [-0.15, -0.1) is 13.2 Å². The van der Waals surface area contributed by atoms with Gasteiger partial charge in [0.1, 0.15) is 11.6 Å². The van der Waals surface area contributed by atoms with Crippen LogP contribution in [-0.2, 0) is 25.7 Å². The lowest BCUT2D eigenvalue weighted by atomic mass is 9.62. The lowest BCUT2D eigenvalue weighted by molar-refractivity contribution is -0.151. The van der Waals surface area contributed by atoms with Crippen molar-refractivity contribution in [2.75, 3.05) is 31.1 Å². The molecule has 6 atom stereocenters. The van der Waals surface area contributed by atoms with Gasteiger partial charge in [-0.3, -0.25) is 14.4 Å². The van der Waals surface area contributed by atoms with Crippen molar-refractivity contribution in [3.63, 3.8) is 0 Å². The highest BCUT2D eigenvalue weighted by molar-refractivity contribution is 6.06. The first-order valence-electron chi connectivity index (χ1n) is 17.2. The Labute approximate surface area is 283 Å². The van der Waals surface area contributed by atoms with Gasteiger partial charge in [-0.05, 0) is 67.0 Å². The van der Waals surface area contributed by atoms with E-state index in [1.165, 1.54) is 0 Å². The molecule has 3 aliphatic rings. The fraction of sp³-hybridized carbons (Fsp3) is 0.425. The van der Waals surface area contributed by atoms with Gasteiger partial charge >= 0.3 is 0 Å². The summed E-state index contributed by atoms with van der Waals surface area (Å²) < 4.78 is 7.04. The molecule has 3 saturated heterocycles. The van der Waals surface area contributed by atoms with E-state index >= 15 is 4.79 Å². The van der Waals surface area contributed by atoms with Gasteiger partial charge in [-0.25, -0.2) is 0 Å². The Morgan fingerprint density at radius 1 is 0.958 bits per heavy atom. The van der Waals surface area contributed by atoms with Crippen LogP contribution in [-0.4, -0.2) is 76.1 Å². The zero-order valence-corrected chi connectivity index (χ0v) is 28.1. The van der Waals surface area contributed by atoms with Gasteiger partial charge in [0.25, 0.3) is 5.91 Å². The molecular weight excluding hydrogens is 602 g/mol. The molecule has 1 spiro atoms. The van der Waals surface area contributed by atoms with Crippen molar-refractivity contribution in [2.45, 2.75) is 63.3 Å². The molecule has 3 fully saturated rings. The van der Waals surface area contributed by atoms with E-state index in [0.717, 1.165) is 16.3 Å². The van der Waals surface area contributed by atoms with Gasteiger partial charge in [0.05, 0.1) is 17.4 Å². The number of aliphatic hydroxyl groups excluding tert-OH is 1. The van der Waals surface area contributed by atoms with E-state index in [1.807, 2.05) is 79.7 Å². The molecule has 3 aromatic rings. The molecule has 3 aliphatic heterocycles. The van der Waals surface area contributed by atoms with E-state index in [-0.39, 0.29) is 36.8 Å². The minimum atomic E-state index is -1.16. The lowest BCUT2D eigenvalue weighted by Crippen LogP contribution is -2.57. The average Bonchev–Trinajstić information content (AvgIpc) is 3.61. The predicted molar refractivity (Wildman–Crippen MR) is 188 cm³/mol. The molecule has 8 heteroatoms. The number of benzene rings is 3. The highest BCUT2D eigenvalue weighted by atomic mass is 16.5. The smallest absolute Gasteiger partial charge is 0.253 e. The Morgan fingerprint density at radius 2 is 1.67 bits per heavy atom. The van der Waals surface area contributed by atoms with Gasteiger partial charge < -0.3 is 24.5 Å². The number of hydrogen-bond acceptors (Lipinski definition) is 5. The van der Waals surface area contributed by atoms with Crippen LogP contribution in [0.3, 0.4) is 0 Å². The quantitative estimate of drug-likeness (QED) is 0.178. The second-order valence-corrected chi connectivity index (χ2v) is 13.8. The molecule has 6 rings (SSSR count). The van der Waals surface area contributed by atoms with Crippen molar-refractivity contribution in [1.82, 2.24) is 9.80 Å². The van der Waals surface area contributed by atoms with E-state index in [9.17, 15) is 14.7 Å². The van der Waals surface area contributed by atoms with Crippen LogP contribution in [0, 0.1) is 17.8 Å². The maximum Gasteiger partial charge on any atom is 0.253 e. The standard InChI is InChI=1S/C40H47N3O5/c1-5-21-41(27-29-15-9-7-10-16-29)36(45)33-34-37(46)43(23-13-8-14-24-44)35(40(34)26-28(3)39(33,4)48-40)38(47)42(22-6-2)32-20-19-30-17-11-12-18-31(30)25-32/h5-7,9-12,15-20,25,28,33-35,44H,1-2,8,13-14,21-24,26-27H2,3-4H3/t28?,33-,34-,35?,39+,40?/m0/s1. The Morgan fingerprint density at radius 3 is 2.38 bits per heavy atom. The van der Waals surface area contributed by atoms with Crippen molar-refractivity contribution >= 4 is 34.2 Å². The van der Waals surface area contributed by atoms with E-state index < -0.39 is 29.1 Å². The zero-order chi connectivity index (χ0) is 34.1. The van der Waals surface area contributed by atoms with Crippen molar-refractivity contribution in [2.24, 2.45) is 17.8 Å². The summed E-state index contributed by atoms with van der Waals surface area (Å²) in [7, 11) is 0. The van der Waals surface area contributed by atoms with Crippen LogP contribution in [0.25, 0.3) is 10.8 Å². The minimum Gasteiger partial charge on any atom is -0.396 e. The topological polar surface area (TPSA) is 90.4 Å². The van der Waals surface area contributed by atoms with Gasteiger partial charge in [-0.2, -0.15) is 0 Å². The number of likely N-dealkylation sites (tertiary alicyclic amines) is 1. The predicted octanol–water partition coefficient (Wildman–Crippen LogP) is 5.75. The maximum atomic E-state index is 15.1. The van der Waals surface area contributed by atoms with Crippen LogP contribution >= 0.6 is 0 Å². The Kier molecular flexibility index (Phi) is 9.59. The number of unbranched alkanes of at least 4 members (excludes halogenated alkanes) is 2. The Balaban J connectivity index is 1.41. The first-order chi connectivity index (χ1) is 23.2. The van der Waals surface area contributed by atoms with Gasteiger partial charge in [0.15, 0.2) is 0 Å². The first-order valence-corrected chi connectivity index (χ1v) is 17.2. The molecule has 1 N–H and O–H groups in total. The minimum absolute atomic E-state index is 0.0635. The summed E-state index contributed by atoms with van der Waals surface area (Å²) in [6.07, 6.45) is 5.85. The first kappa shape index (κ1) is 33.6. The number of anilines is 1.